The van der Waals surface area contributed by atoms with Crippen LogP contribution in [0, 0.1) is 0 Å². The van der Waals surface area contributed by atoms with Crippen molar-refractivity contribution < 1.29 is 18.7 Å². The maximum absolute atomic E-state index is 12.6. The first kappa shape index (κ1) is 18.8. The quantitative estimate of drug-likeness (QED) is 0.842. The second kappa shape index (κ2) is 8.16. The SMILES string of the molecule is CCN1C[C@@H](CN(C)C(=O)[C@@H](C)NC(=O)c2ccoc2)Oc2ccccc21. The fourth-order valence-electron chi connectivity index (χ4n) is 3.23. The van der Waals surface area contributed by atoms with Gasteiger partial charge in [0.2, 0.25) is 5.91 Å². The van der Waals surface area contributed by atoms with E-state index in [0.717, 1.165) is 18.0 Å². The molecule has 2 amide bonds. The topological polar surface area (TPSA) is 75.0 Å². The van der Waals surface area contributed by atoms with Gasteiger partial charge in [-0.25, -0.2) is 0 Å². The average molecular weight is 371 g/mol. The summed E-state index contributed by atoms with van der Waals surface area (Å²) in [6, 6.07) is 8.83. The van der Waals surface area contributed by atoms with Gasteiger partial charge in [0.15, 0.2) is 0 Å². The van der Waals surface area contributed by atoms with Crippen molar-refractivity contribution in [3.63, 3.8) is 0 Å². The van der Waals surface area contributed by atoms with Crippen molar-refractivity contribution in [2.45, 2.75) is 26.0 Å². The molecule has 1 aromatic carbocycles. The molecule has 0 radical (unpaired) electrons. The highest BCUT2D eigenvalue weighted by molar-refractivity contribution is 5.97. The van der Waals surface area contributed by atoms with E-state index in [1.165, 1.54) is 12.5 Å². The van der Waals surface area contributed by atoms with E-state index in [4.69, 9.17) is 9.15 Å². The summed E-state index contributed by atoms with van der Waals surface area (Å²) < 4.78 is 11.0. The molecule has 1 aliphatic heterocycles. The maximum atomic E-state index is 12.6. The van der Waals surface area contributed by atoms with E-state index in [1.54, 1.807) is 24.9 Å². The predicted molar refractivity (Wildman–Crippen MR) is 102 cm³/mol. The van der Waals surface area contributed by atoms with Gasteiger partial charge in [0, 0.05) is 13.6 Å². The van der Waals surface area contributed by atoms with E-state index in [9.17, 15) is 9.59 Å². The van der Waals surface area contributed by atoms with E-state index < -0.39 is 6.04 Å². The van der Waals surface area contributed by atoms with Crippen LogP contribution in [0.25, 0.3) is 0 Å². The summed E-state index contributed by atoms with van der Waals surface area (Å²) in [4.78, 5) is 28.6. The van der Waals surface area contributed by atoms with Crippen LogP contribution in [0.4, 0.5) is 5.69 Å². The zero-order valence-electron chi connectivity index (χ0n) is 15.8. The molecule has 144 valence electrons. The van der Waals surface area contributed by atoms with E-state index in [0.29, 0.717) is 18.7 Å². The standard InChI is InChI=1S/C20H25N3O4/c1-4-23-12-16(27-18-8-6-5-7-17(18)23)11-22(3)20(25)14(2)21-19(24)15-9-10-26-13-15/h5-10,13-14,16H,4,11-12H2,1-3H3,(H,21,24)/t14-,16-/m1/s1. The van der Waals surface area contributed by atoms with Crippen LogP contribution in [-0.4, -0.2) is 55.5 Å². The molecular formula is C20H25N3O4. The summed E-state index contributed by atoms with van der Waals surface area (Å²) in [5.74, 6) is 0.327. The molecule has 0 aliphatic carbocycles. The molecule has 2 heterocycles. The summed E-state index contributed by atoms with van der Waals surface area (Å²) in [6.45, 7) is 5.79. The lowest BCUT2D eigenvalue weighted by molar-refractivity contribution is -0.132. The van der Waals surface area contributed by atoms with Crippen LogP contribution in [0.3, 0.4) is 0 Å². The minimum Gasteiger partial charge on any atom is -0.485 e. The van der Waals surface area contributed by atoms with Gasteiger partial charge < -0.3 is 24.3 Å². The zero-order chi connectivity index (χ0) is 19.4. The van der Waals surface area contributed by atoms with Gasteiger partial charge in [-0.15, -0.1) is 0 Å². The summed E-state index contributed by atoms with van der Waals surface area (Å²) in [7, 11) is 1.73. The molecule has 0 bridgehead atoms. The Balaban J connectivity index is 1.59. The first-order valence-corrected chi connectivity index (χ1v) is 9.08. The number of nitrogens with one attached hydrogen (secondary N) is 1. The maximum Gasteiger partial charge on any atom is 0.255 e. The van der Waals surface area contributed by atoms with Crippen LogP contribution < -0.4 is 15.0 Å². The van der Waals surface area contributed by atoms with Crippen molar-refractivity contribution >= 4 is 17.5 Å². The molecule has 0 fully saturated rings. The molecule has 1 N–H and O–H groups in total. The van der Waals surface area contributed by atoms with E-state index in [-0.39, 0.29) is 17.9 Å². The summed E-state index contributed by atoms with van der Waals surface area (Å²) in [5.41, 5.74) is 1.47. The van der Waals surface area contributed by atoms with E-state index in [2.05, 4.69) is 17.1 Å². The van der Waals surface area contributed by atoms with Crippen LogP contribution in [0.15, 0.2) is 47.3 Å². The summed E-state index contributed by atoms with van der Waals surface area (Å²) in [5, 5.41) is 2.69. The predicted octanol–water partition coefficient (Wildman–Crippen LogP) is 2.14. The van der Waals surface area contributed by atoms with Gasteiger partial charge in [-0.2, -0.15) is 0 Å². The third-order valence-corrected chi connectivity index (χ3v) is 4.66. The Morgan fingerprint density at radius 2 is 2.11 bits per heavy atom. The molecule has 0 unspecified atom stereocenters. The first-order chi connectivity index (χ1) is 13.0. The number of hydrogen-bond donors (Lipinski definition) is 1. The average Bonchev–Trinajstić information content (AvgIpc) is 3.21. The molecule has 2 aromatic rings. The first-order valence-electron chi connectivity index (χ1n) is 9.08. The molecule has 2 atom stereocenters. The number of benzene rings is 1. The number of rotatable bonds is 6. The van der Waals surface area contributed by atoms with Crippen molar-refractivity contribution in [1.29, 1.82) is 0 Å². The van der Waals surface area contributed by atoms with Crippen molar-refractivity contribution in [2.24, 2.45) is 0 Å². The molecule has 3 rings (SSSR count). The highest BCUT2D eigenvalue weighted by atomic mass is 16.5. The lowest BCUT2D eigenvalue weighted by Gasteiger charge is -2.37. The molecule has 7 heteroatoms. The minimum atomic E-state index is -0.643. The van der Waals surface area contributed by atoms with Gasteiger partial charge in [-0.1, -0.05) is 12.1 Å². The Labute approximate surface area is 158 Å². The largest absolute Gasteiger partial charge is 0.485 e. The number of fused-ring (bicyclic) bond motifs is 1. The van der Waals surface area contributed by atoms with Crippen molar-refractivity contribution in [3.8, 4) is 5.75 Å². The Bertz CT molecular complexity index is 790. The number of nitrogens with zero attached hydrogens (tertiary/aromatic N) is 2. The number of furan rings is 1. The summed E-state index contributed by atoms with van der Waals surface area (Å²) >= 11 is 0. The normalized spacial score (nSPS) is 16.9. The highest BCUT2D eigenvalue weighted by Crippen LogP contribution is 2.32. The van der Waals surface area contributed by atoms with Crippen molar-refractivity contribution in [2.75, 3.05) is 31.6 Å². The number of ether oxygens (including phenoxy) is 1. The van der Waals surface area contributed by atoms with Crippen molar-refractivity contribution in [3.05, 3.63) is 48.4 Å². The number of carbonyl (C=O) groups is 2. The van der Waals surface area contributed by atoms with Crippen LogP contribution in [-0.2, 0) is 4.79 Å². The molecule has 0 saturated heterocycles. The molecule has 1 aromatic heterocycles. The van der Waals surface area contributed by atoms with Gasteiger partial charge in [0.05, 0.1) is 30.6 Å². The molecular weight excluding hydrogens is 346 g/mol. The molecule has 0 saturated carbocycles. The number of para-hydroxylation sites is 2. The van der Waals surface area contributed by atoms with Crippen LogP contribution >= 0.6 is 0 Å². The number of hydrogen-bond acceptors (Lipinski definition) is 5. The van der Waals surface area contributed by atoms with E-state index in [1.807, 2.05) is 24.3 Å². The molecule has 0 spiro atoms. The summed E-state index contributed by atoms with van der Waals surface area (Å²) in [6.07, 6.45) is 2.64. The minimum absolute atomic E-state index is 0.134. The van der Waals surface area contributed by atoms with Gasteiger partial charge in [0.25, 0.3) is 5.91 Å². The second-order valence-electron chi connectivity index (χ2n) is 6.67. The third-order valence-electron chi connectivity index (χ3n) is 4.66. The second-order valence-corrected chi connectivity index (χ2v) is 6.67. The molecule has 7 nitrogen and oxygen atoms in total. The van der Waals surface area contributed by atoms with Crippen LogP contribution in [0.2, 0.25) is 0 Å². The molecule has 1 aliphatic rings. The van der Waals surface area contributed by atoms with Gasteiger partial charge >= 0.3 is 0 Å². The number of amides is 2. The van der Waals surface area contributed by atoms with Gasteiger partial charge in [0.1, 0.15) is 24.2 Å². The number of carbonyl (C=O) groups excluding carboxylic acids is 2. The van der Waals surface area contributed by atoms with Gasteiger partial charge in [-0.3, -0.25) is 9.59 Å². The third kappa shape index (κ3) is 4.24. The molecule has 27 heavy (non-hydrogen) atoms. The Hall–Kier alpha value is -2.96. The Kier molecular flexibility index (Phi) is 5.69. The number of anilines is 1. The lowest BCUT2D eigenvalue weighted by Crippen LogP contribution is -2.51. The van der Waals surface area contributed by atoms with Crippen LogP contribution in [0.5, 0.6) is 5.75 Å². The zero-order valence-corrected chi connectivity index (χ0v) is 15.8. The van der Waals surface area contributed by atoms with Crippen LogP contribution in [0.1, 0.15) is 24.2 Å². The number of likely N-dealkylation sites (N-methyl/N-ethyl adjacent to an activating group) is 2. The monoisotopic (exact) mass is 371 g/mol. The fourth-order valence-corrected chi connectivity index (χ4v) is 3.23. The highest BCUT2D eigenvalue weighted by Gasteiger charge is 2.28. The van der Waals surface area contributed by atoms with E-state index >= 15 is 0 Å². The Morgan fingerprint density at radius 1 is 1.33 bits per heavy atom. The van der Waals surface area contributed by atoms with Gasteiger partial charge in [-0.05, 0) is 32.0 Å². The fraction of sp³-hybridized carbons (Fsp3) is 0.400. The Morgan fingerprint density at radius 3 is 2.81 bits per heavy atom. The lowest BCUT2D eigenvalue weighted by atomic mass is 10.1. The smallest absolute Gasteiger partial charge is 0.255 e. The van der Waals surface area contributed by atoms with Crippen molar-refractivity contribution in [1.82, 2.24) is 10.2 Å².